The topological polar surface area (TPSA) is 74.2 Å². The Bertz CT molecular complexity index is 776. The van der Waals surface area contributed by atoms with Crippen molar-refractivity contribution in [2.45, 2.75) is 12.2 Å². The van der Waals surface area contributed by atoms with Crippen LogP contribution in [0.25, 0.3) is 0 Å². The lowest BCUT2D eigenvalue weighted by Gasteiger charge is -2.32. The van der Waals surface area contributed by atoms with Gasteiger partial charge in [0.1, 0.15) is 0 Å². The van der Waals surface area contributed by atoms with Gasteiger partial charge in [0.25, 0.3) is 0 Å². The van der Waals surface area contributed by atoms with Gasteiger partial charge in [0.2, 0.25) is 6.10 Å². The fourth-order valence-electron chi connectivity index (χ4n) is 2.62. The summed E-state index contributed by atoms with van der Waals surface area (Å²) in [7, 11) is 3.00. The molecule has 2 atom stereocenters. The Hall–Kier alpha value is -2.41. The van der Waals surface area contributed by atoms with E-state index in [0.717, 1.165) is 0 Å². The molecule has 0 fully saturated rings. The minimum Gasteiger partial charge on any atom is -0.493 e. The van der Waals surface area contributed by atoms with Gasteiger partial charge in [-0.1, -0.05) is 28.1 Å². The van der Waals surface area contributed by atoms with Crippen LogP contribution in [0.3, 0.4) is 0 Å². The van der Waals surface area contributed by atoms with E-state index in [9.17, 15) is 9.90 Å². The largest absolute Gasteiger partial charge is 0.493 e. The first-order chi connectivity index (χ1) is 11.5. The molecule has 2 unspecified atom stereocenters. The number of carbonyl (C=O) groups is 1. The van der Waals surface area contributed by atoms with E-state index in [1.807, 2.05) is 0 Å². The molecule has 0 amide bonds. The average Bonchev–Trinajstić information content (AvgIpc) is 2.59. The van der Waals surface area contributed by atoms with E-state index in [4.69, 9.17) is 18.9 Å². The lowest BCUT2D eigenvalue weighted by Crippen LogP contribution is -2.39. The van der Waals surface area contributed by atoms with Crippen molar-refractivity contribution in [2.75, 3.05) is 14.2 Å². The predicted octanol–water partition coefficient (Wildman–Crippen LogP) is 3.43. The van der Waals surface area contributed by atoms with Crippen molar-refractivity contribution in [3.8, 4) is 23.0 Å². The van der Waals surface area contributed by atoms with E-state index in [2.05, 4.69) is 15.9 Å². The molecule has 7 heteroatoms. The number of carboxylic acids is 1. The molecule has 0 saturated carbocycles. The van der Waals surface area contributed by atoms with Gasteiger partial charge in [-0.3, -0.25) is 0 Å². The maximum atomic E-state index is 11.7. The number of rotatable bonds is 4. The Balaban J connectivity index is 2.13. The lowest BCUT2D eigenvalue weighted by molar-refractivity contribution is -0.151. The van der Waals surface area contributed by atoms with Crippen molar-refractivity contribution in [2.24, 2.45) is 0 Å². The van der Waals surface area contributed by atoms with Gasteiger partial charge in [-0.15, -0.1) is 0 Å². The number of hydrogen-bond donors (Lipinski definition) is 1. The van der Waals surface area contributed by atoms with Gasteiger partial charge >= 0.3 is 5.97 Å². The molecule has 24 heavy (non-hydrogen) atoms. The molecule has 1 heterocycles. The van der Waals surface area contributed by atoms with Crippen LogP contribution < -0.4 is 18.9 Å². The molecule has 6 nitrogen and oxygen atoms in total. The van der Waals surface area contributed by atoms with Gasteiger partial charge in [0.05, 0.1) is 14.2 Å². The van der Waals surface area contributed by atoms with Crippen LogP contribution in [0.1, 0.15) is 11.7 Å². The van der Waals surface area contributed by atoms with E-state index < -0.39 is 18.2 Å². The second kappa shape index (κ2) is 6.60. The highest BCUT2D eigenvalue weighted by molar-refractivity contribution is 9.10. The number of aliphatic carboxylic acids is 1. The SMILES string of the molecule is COc1cc(Br)cc(C2Oc3ccccc3OC2C(=O)O)c1OC. The number of ether oxygens (including phenoxy) is 4. The summed E-state index contributed by atoms with van der Waals surface area (Å²) in [4.78, 5) is 11.7. The zero-order valence-corrected chi connectivity index (χ0v) is 14.6. The molecule has 1 aliphatic heterocycles. The predicted molar refractivity (Wildman–Crippen MR) is 89.1 cm³/mol. The number of carboxylic acid groups (broad SMARTS) is 1. The first-order valence-electron chi connectivity index (χ1n) is 7.11. The number of halogens is 1. The van der Waals surface area contributed by atoms with Gasteiger partial charge in [-0.25, -0.2) is 4.79 Å². The van der Waals surface area contributed by atoms with Crippen molar-refractivity contribution < 1.29 is 28.8 Å². The zero-order valence-electron chi connectivity index (χ0n) is 13.0. The molecule has 0 radical (unpaired) electrons. The Morgan fingerprint density at radius 2 is 1.79 bits per heavy atom. The maximum absolute atomic E-state index is 11.7. The average molecular weight is 395 g/mol. The molecular formula is C17H15BrO6. The first-order valence-corrected chi connectivity index (χ1v) is 7.91. The summed E-state index contributed by atoms with van der Waals surface area (Å²) in [5.41, 5.74) is 0.519. The summed E-state index contributed by atoms with van der Waals surface area (Å²) >= 11 is 3.39. The van der Waals surface area contributed by atoms with Crippen molar-refractivity contribution in [1.29, 1.82) is 0 Å². The molecule has 0 aliphatic carbocycles. The van der Waals surface area contributed by atoms with Crippen LogP contribution in [0.4, 0.5) is 0 Å². The Labute approximate surface area is 147 Å². The Kier molecular flexibility index (Phi) is 4.53. The quantitative estimate of drug-likeness (QED) is 0.855. The first kappa shape index (κ1) is 16.4. The summed E-state index contributed by atoms with van der Waals surface area (Å²) in [6.07, 6.45) is -2.11. The highest BCUT2D eigenvalue weighted by atomic mass is 79.9. The smallest absolute Gasteiger partial charge is 0.349 e. The standard InChI is InChI=1S/C17H15BrO6/c1-21-13-8-9(18)7-10(14(13)22-2)15-16(17(19)20)24-12-6-4-3-5-11(12)23-15/h3-8,15-16H,1-2H3,(H,19,20). The molecular weight excluding hydrogens is 380 g/mol. The lowest BCUT2D eigenvalue weighted by atomic mass is 10.0. The van der Waals surface area contributed by atoms with Crippen molar-refractivity contribution in [3.05, 3.63) is 46.4 Å². The van der Waals surface area contributed by atoms with Gasteiger partial charge in [0.15, 0.2) is 29.1 Å². The van der Waals surface area contributed by atoms with Crippen LogP contribution in [0, 0.1) is 0 Å². The van der Waals surface area contributed by atoms with Crippen molar-refractivity contribution in [1.82, 2.24) is 0 Å². The van der Waals surface area contributed by atoms with Crippen LogP contribution in [0.5, 0.6) is 23.0 Å². The normalized spacial score (nSPS) is 18.8. The minimum atomic E-state index is -1.21. The summed E-state index contributed by atoms with van der Waals surface area (Å²) < 4.78 is 23.0. The highest BCUT2D eigenvalue weighted by Crippen LogP contribution is 2.45. The molecule has 0 aromatic heterocycles. The maximum Gasteiger partial charge on any atom is 0.349 e. The van der Waals surface area contributed by atoms with Crippen LogP contribution in [-0.4, -0.2) is 31.4 Å². The molecule has 3 rings (SSSR count). The Morgan fingerprint density at radius 3 is 2.38 bits per heavy atom. The third kappa shape index (κ3) is 2.87. The van der Waals surface area contributed by atoms with Crippen LogP contribution >= 0.6 is 15.9 Å². The van der Waals surface area contributed by atoms with Crippen LogP contribution in [0.2, 0.25) is 0 Å². The van der Waals surface area contributed by atoms with Crippen molar-refractivity contribution in [3.63, 3.8) is 0 Å². The summed E-state index contributed by atoms with van der Waals surface area (Å²) in [6, 6.07) is 10.4. The van der Waals surface area contributed by atoms with Gasteiger partial charge in [-0.05, 0) is 24.3 Å². The second-order valence-corrected chi connectivity index (χ2v) is 6.01. The molecule has 2 aromatic rings. The number of para-hydroxylation sites is 2. The van der Waals surface area contributed by atoms with Crippen LogP contribution in [-0.2, 0) is 4.79 Å². The van der Waals surface area contributed by atoms with Gasteiger partial charge < -0.3 is 24.1 Å². The van der Waals surface area contributed by atoms with Crippen molar-refractivity contribution >= 4 is 21.9 Å². The molecule has 126 valence electrons. The third-order valence-electron chi connectivity index (χ3n) is 3.65. The monoisotopic (exact) mass is 394 g/mol. The van der Waals surface area contributed by atoms with E-state index in [-0.39, 0.29) is 0 Å². The molecule has 0 spiro atoms. The van der Waals surface area contributed by atoms with E-state index in [1.165, 1.54) is 14.2 Å². The van der Waals surface area contributed by atoms with E-state index in [0.29, 0.717) is 33.0 Å². The number of methoxy groups -OCH3 is 2. The van der Waals surface area contributed by atoms with E-state index >= 15 is 0 Å². The fraction of sp³-hybridized carbons (Fsp3) is 0.235. The number of fused-ring (bicyclic) bond motifs is 1. The van der Waals surface area contributed by atoms with Gasteiger partial charge in [0, 0.05) is 10.0 Å². The molecule has 1 aliphatic rings. The number of benzene rings is 2. The summed E-state index contributed by atoms with van der Waals surface area (Å²) in [5.74, 6) is 0.604. The summed E-state index contributed by atoms with van der Waals surface area (Å²) in [5, 5.41) is 9.57. The second-order valence-electron chi connectivity index (χ2n) is 5.09. The zero-order chi connectivity index (χ0) is 17.3. The third-order valence-corrected chi connectivity index (χ3v) is 4.11. The van der Waals surface area contributed by atoms with Crippen LogP contribution in [0.15, 0.2) is 40.9 Å². The molecule has 0 saturated heterocycles. The molecule has 2 aromatic carbocycles. The minimum absolute atomic E-state index is 0.391. The van der Waals surface area contributed by atoms with Gasteiger partial charge in [-0.2, -0.15) is 0 Å². The van der Waals surface area contributed by atoms with E-state index in [1.54, 1.807) is 36.4 Å². The molecule has 1 N–H and O–H groups in total. The number of hydrogen-bond acceptors (Lipinski definition) is 5. The summed E-state index contributed by atoms with van der Waals surface area (Å²) in [6.45, 7) is 0. The highest BCUT2D eigenvalue weighted by Gasteiger charge is 2.40. The Morgan fingerprint density at radius 1 is 1.12 bits per heavy atom. The molecule has 0 bridgehead atoms. The fourth-order valence-corrected chi connectivity index (χ4v) is 3.07.